The van der Waals surface area contributed by atoms with Crippen LogP contribution in [-0.2, 0) is 22.1 Å². The lowest BCUT2D eigenvalue weighted by molar-refractivity contribution is -0.143. The SMILES string of the molecule is CCOC(=O)CCc1ccc(N)c(C(F)(F)F)c1F. The van der Waals surface area contributed by atoms with Crippen molar-refractivity contribution in [3.63, 3.8) is 0 Å². The average Bonchev–Trinajstić information content (AvgIpc) is 2.26. The first-order chi connectivity index (χ1) is 8.77. The van der Waals surface area contributed by atoms with Gasteiger partial charge in [0.15, 0.2) is 0 Å². The number of esters is 1. The fourth-order valence-corrected chi connectivity index (χ4v) is 1.59. The molecule has 19 heavy (non-hydrogen) atoms. The Bertz CT molecular complexity index is 472. The number of rotatable bonds is 4. The Morgan fingerprint density at radius 2 is 2.00 bits per heavy atom. The summed E-state index contributed by atoms with van der Waals surface area (Å²) in [6, 6.07) is 2.12. The Morgan fingerprint density at radius 3 is 2.53 bits per heavy atom. The fourth-order valence-electron chi connectivity index (χ4n) is 1.59. The molecule has 0 aliphatic carbocycles. The van der Waals surface area contributed by atoms with Gasteiger partial charge in [0, 0.05) is 12.1 Å². The van der Waals surface area contributed by atoms with Crippen LogP contribution in [0.15, 0.2) is 12.1 Å². The highest BCUT2D eigenvalue weighted by molar-refractivity contribution is 5.69. The van der Waals surface area contributed by atoms with Gasteiger partial charge in [-0.3, -0.25) is 4.79 Å². The Hall–Kier alpha value is -1.79. The smallest absolute Gasteiger partial charge is 0.421 e. The van der Waals surface area contributed by atoms with Crippen molar-refractivity contribution in [3.8, 4) is 0 Å². The molecule has 0 aliphatic heterocycles. The Morgan fingerprint density at radius 1 is 1.37 bits per heavy atom. The van der Waals surface area contributed by atoms with Crippen molar-refractivity contribution in [2.24, 2.45) is 0 Å². The van der Waals surface area contributed by atoms with E-state index in [4.69, 9.17) is 5.73 Å². The van der Waals surface area contributed by atoms with E-state index < -0.39 is 29.2 Å². The predicted molar refractivity (Wildman–Crippen MR) is 60.8 cm³/mol. The van der Waals surface area contributed by atoms with Crippen LogP contribution in [0.3, 0.4) is 0 Å². The van der Waals surface area contributed by atoms with Crippen molar-refractivity contribution in [1.82, 2.24) is 0 Å². The molecular weight excluding hydrogens is 266 g/mol. The number of carbonyl (C=O) groups is 1. The molecule has 2 N–H and O–H groups in total. The van der Waals surface area contributed by atoms with Crippen molar-refractivity contribution in [2.75, 3.05) is 12.3 Å². The molecule has 0 amide bonds. The molecule has 0 fully saturated rings. The molecule has 0 aromatic heterocycles. The van der Waals surface area contributed by atoms with Gasteiger partial charge in [-0.15, -0.1) is 0 Å². The van der Waals surface area contributed by atoms with E-state index in [0.717, 1.165) is 12.1 Å². The maximum absolute atomic E-state index is 13.7. The van der Waals surface area contributed by atoms with Crippen LogP contribution < -0.4 is 5.73 Å². The van der Waals surface area contributed by atoms with Gasteiger partial charge < -0.3 is 10.5 Å². The predicted octanol–water partition coefficient (Wildman–Crippen LogP) is 2.92. The van der Waals surface area contributed by atoms with E-state index in [-0.39, 0.29) is 25.0 Å². The largest absolute Gasteiger partial charge is 0.466 e. The summed E-state index contributed by atoms with van der Waals surface area (Å²) in [6.45, 7) is 1.76. The molecule has 0 radical (unpaired) electrons. The summed E-state index contributed by atoms with van der Waals surface area (Å²) in [7, 11) is 0. The van der Waals surface area contributed by atoms with Crippen LogP contribution in [0, 0.1) is 5.82 Å². The number of alkyl halides is 3. The number of carbonyl (C=O) groups excluding carboxylic acids is 1. The van der Waals surface area contributed by atoms with E-state index in [1.54, 1.807) is 6.92 Å². The van der Waals surface area contributed by atoms with Crippen LogP contribution in [0.2, 0.25) is 0 Å². The minimum atomic E-state index is -4.87. The molecule has 1 aromatic carbocycles. The number of aryl methyl sites for hydroxylation is 1. The second kappa shape index (κ2) is 5.90. The highest BCUT2D eigenvalue weighted by Gasteiger charge is 2.37. The first-order valence-electron chi connectivity index (χ1n) is 5.57. The first-order valence-corrected chi connectivity index (χ1v) is 5.57. The second-order valence-corrected chi connectivity index (χ2v) is 3.81. The summed E-state index contributed by atoms with van der Waals surface area (Å²) >= 11 is 0. The standard InChI is InChI=1S/C12H13F4NO2/c1-2-19-9(18)6-4-7-3-5-8(17)10(11(7)13)12(14,15)16/h3,5H,2,4,6,17H2,1H3. The zero-order chi connectivity index (χ0) is 14.6. The molecule has 7 heteroatoms. The number of benzene rings is 1. The third-order valence-corrected chi connectivity index (χ3v) is 2.44. The van der Waals surface area contributed by atoms with Crippen molar-refractivity contribution < 1.29 is 27.1 Å². The van der Waals surface area contributed by atoms with Crippen LogP contribution in [0.1, 0.15) is 24.5 Å². The highest BCUT2D eigenvalue weighted by Crippen LogP contribution is 2.36. The van der Waals surface area contributed by atoms with E-state index in [0.29, 0.717) is 0 Å². The second-order valence-electron chi connectivity index (χ2n) is 3.81. The molecule has 0 heterocycles. The lowest BCUT2D eigenvalue weighted by atomic mass is 10.0. The van der Waals surface area contributed by atoms with E-state index in [9.17, 15) is 22.4 Å². The molecule has 0 saturated carbocycles. The number of halogens is 4. The van der Waals surface area contributed by atoms with Gasteiger partial charge in [-0.05, 0) is 25.0 Å². The van der Waals surface area contributed by atoms with Gasteiger partial charge in [0.2, 0.25) is 0 Å². The minimum absolute atomic E-state index is 0.164. The minimum Gasteiger partial charge on any atom is -0.466 e. The first kappa shape index (κ1) is 15.3. The topological polar surface area (TPSA) is 52.3 Å². The Labute approximate surface area is 107 Å². The molecule has 0 spiro atoms. The maximum Gasteiger partial charge on any atom is 0.421 e. The Kier molecular flexibility index (Phi) is 4.74. The van der Waals surface area contributed by atoms with Crippen LogP contribution in [0.5, 0.6) is 0 Å². The maximum atomic E-state index is 13.7. The summed E-state index contributed by atoms with van der Waals surface area (Å²) < 4.78 is 56.1. The van der Waals surface area contributed by atoms with Gasteiger partial charge in [-0.2, -0.15) is 13.2 Å². The number of hydrogen-bond donors (Lipinski definition) is 1. The van der Waals surface area contributed by atoms with Crippen molar-refractivity contribution >= 4 is 11.7 Å². The van der Waals surface area contributed by atoms with Gasteiger partial charge >= 0.3 is 12.1 Å². The lowest BCUT2D eigenvalue weighted by Crippen LogP contribution is -2.14. The summed E-state index contributed by atoms with van der Waals surface area (Å²) in [6.07, 6.45) is -5.23. The lowest BCUT2D eigenvalue weighted by Gasteiger charge is -2.13. The summed E-state index contributed by atoms with van der Waals surface area (Å²) in [5.74, 6) is -2.02. The van der Waals surface area contributed by atoms with Crippen molar-refractivity contribution in [2.45, 2.75) is 25.9 Å². The summed E-state index contributed by atoms with van der Waals surface area (Å²) in [5, 5.41) is 0. The molecule has 0 atom stereocenters. The van der Waals surface area contributed by atoms with Gasteiger partial charge in [0.05, 0.1) is 6.61 Å². The van der Waals surface area contributed by atoms with E-state index in [1.165, 1.54) is 0 Å². The van der Waals surface area contributed by atoms with Gasteiger partial charge in [0.25, 0.3) is 0 Å². The third kappa shape index (κ3) is 3.84. The Balaban J connectivity index is 2.95. The van der Waals surface area contributed by atoms with Crippen molar-refractivity contribution in [1.29, 1.82) is 0 Å². The molecule has 0 saturated heterocycles. The number of hydrogen-bond acceptors (Lipinski definition) is 3. The zero-order valence-corrected chi connectivity index (χ0v) is 10.2. The highest BCUT2D eigenvalue weighted by atomic mass is 19.4. The zero-order valence-electron chi connectivity index (χ0n) is 10.2. The van der Waals surface area contributed by atoms with Crippen molar-refractivity contribution in [3.05, 3.63) is 29.1 Å². The molecular formula is C12H13F4NO2. The average molecular weight is 279 g/mol. The third-order valence-electron chi connectivity index (χ3n) is 2.44. The normalized spacial score (nSPS) is 11.4. The number of nitrogens with two attached hydrogens (primary N) is 1. The molecule has 0 unspecified atom stereocenters. The number of ether oxygens (including phenoxy) is 1. The quantitative estimate of drug-likeness (QED) is 0.524. The monoisotopic (exact) mass is 279 g/mol. The molecule has 1 rings (SSSR count). The van der Waals surface area contributed by atoms with E-state index in [2.05, 4.69) is 4.74 Å². The molecule has 1 aromatic rings. The van der Waals surface area contributed by atoms with Crippen LogP contribution in [0.25, 0.3) is 0 Å². The van der Waals surface area contributed by atoms with Gasteiger partial charge in [-0.1, -0.05) is 6.07 Å². The number of anilines is 1. The molecule has 0 bridgehead atoms. The molecule has 106 valence electrons. The van der Waals surface area contributed by atoms with E-state index in [1.807, 2.05) is 0 Å². The van der Waals surface area contributed by atoms with Crippen LogP contribution in [-0.4, -0.2) is 12.6 Å². The molecule has 0 aliphatic rings. The molecule has 3 nitrogen and oxygen atoms in total. The summed E-state index contributed by atoms with van der Waals surface area (Å²) in [4.78, 5) is 11.1. The van der Waals surface area contributed by atoms with Gasteiger partial charge in [-0.25, -0.2) is 4.39 Å². The van der Waals surface area contributed by atoms with E-state index >= 15 is 0 Å². The van der Waals surface area contributed by atoms with Gasteiger partial charge in [0.1, 0.15) is 11.4 Å². The number of nitrogen functional groups attached to an aromatic ring is 1. The fraction of sp³-hybridized carbons (Fsp3) is 0.417. The van der Waals surface area contributed by atoms with Crippen LogP contribution in [0.4, 0.5) is 23.2 Å². The summed E-state index contributed by atoms with van der Waals surface area (Å²) in [5.41, 5.74) is 2.75. The van der Waals surface area contributed by atoms with Crippen LogP contribution >= 0.6 is 0 Å².